The van der Waals surface area contributed by atoms with Crippen LogP contribution < -0.4 is 4.74 Å². The Labute approximate surface area is 167 Å². The second kappa shape index (κ2) is 8.41. The van der Waals surface area contributed by atoms with Gasteiger partial charge in [-0.2, -0.15) is 0 Å². The molecular formula is C21H16F6O3. The fourth-order valence-electron chi connectivity index (χ4n) is 3.33. The van der Waals surface area contributed by atoms with Gasteiger partial charge < -0.3 is 9.84 Å². The monoisotopic (exact) mass is 430 g/mol. The van der Waals surface area contributed by atoms with Gasteiger partial charge in [-0.1, -0.05) is 0 Å². The van der Waals surface area contributed by atoms with E-state index in [0.717, 1.165) is 24.3 Å². The number of ether oxygens (including phenoxy) is 1. The van der Waals surface area contributed by atoms with E-state index in [2.05, 4.69) is 0 Å². The highest BCUT2D eigenvalue weighted by atomic mass is 19.3. The highest BCUT2D eigenvalue weighted by molar-refractivity contribution is 5.72. The molecule has 3 nitrogen and oxygen atoms in total. The Morgan fingerprint density at radius 1 is 1.00 bits per heavy atom. The summed E-state index contributed by atoms with van der Waals surface area (Å²) in [7, 11) is 0. The molecule has 0 saturated heterocycles. The van der Waals surface area contributed by atoms with Gasteiger partial charge in [-0.3, -0.25) is 4.79 Å². The number of rotatable bonds is 7. The number of carbonyl (C=O) groups is 1. The third kappa shape index (κ3) is 4.95. The standard InChI is InChI=1S/C21H16F6O3/c22-13-2-3-14(16(23)7-13)15-9-21(26,27)8-12(15)10-30-20-17(24)5-11(6-18(20)25)1-4-19(28)29/h2-3,5-7H,1,4,8-10H2,(H,28,29). The molecular weight excluding hydrogens is 414 g/mol. The van der Waals surface area contributed by atoms with E-state index in [1.807, 2.05) is 0 Å². The fraction of sp³-hybridized carbons (Fsp3) is 0.286. The number of aliphatic carboxylic acids is 1. The largest absolute Gasteiger partial charge is 0.483 e. The van der Waals surface area contributed by atoms with Crippen molar-refractivity contribution in [1.82, 2.24) is 0 Å². The van der Waals surface area contributed by atoms with E-state index in [1.54, 1.807) is 0 Å². The predicted octanol–water partition coefficient (Wildman–Crippen LogP) is 5.52. The Bertz CT molecular complexity index is 993. The van der Waals surface area contributed by atoms with Gasteiger partial charge in [0.25, 0.3) is 5.92 Å². The Kier molecular flexibility index (Phi) is 6.09. The molecule has 0 saturated carbocycles. The van der Waals surface area contributed by atoms with E-state index in [4.69, 9.17) is 9.84 Å². The number of benzene rings is 2. The van der Waals surface area contributed by atoms with E-state index in [-0.39, 0.29) is 35.1 Å². The van der Waals surface area contributed by atoms with Crippen LogP contribution in [0.15, 0.2) is 35.9 Å². The topological polar surface area (TPSA) is 46.5 Å². The van der Waals surface area contributed by atoms with E-state index in [1.165, 1.54) is 0 Å². The van der Waals surface area contributed by atoms with Crippen LogP contribution in [0.2, 0.25) is 0 Å². The smallest absolute Gasteiger partial charge is 0.303 e. The Balaban J connectivity index is 1.84. The lowest BCUT2D eigenvalue weighted by atomic mass is 10.0. The summed E-state index contributed by atoms with van der Waals surface area (Å²) < 4.78 is 88.6. The van der Waals surface area contributed by atoms with Gasteiger partial charge in [0.1, 0.15) is 18.2 Å². The summed E-state index contributed by atoms with van der Waals surface area (Å²) in [5.41, 5.74) is -0.284. The minimum absolute atomic E-state index is 0.0562. The van der Waals surface area contributed by atoms with Crippen molar-refractivity contribution in [2.75, 3.05) is 6.61 Å². The van der Waals surface area contributed by atoms with Crippen molar-refractivity contribution in [3.05, 3.63) is 70.3 Å². The second-order valence-electron chi connectivity index (χ2n) is 6.99. The molecule has 9 heteroatoms. The fourth-order valence-corrected chi connectivity index (χ4v) is 3.33. The molecule has 0 aromatic heterocycles. The lowest BCUT2D eigenvalue weighted by molar-refractivity contribution is -0.136. The van der Waals surface area contributed by atoms with Gasteiger partial charge in [0.15, 0.2) is 17.4 Å². The van der Waals surface area contributed by atoms with Crippen LogP contribution in [0.1, 0.15) is 30.4 Å². The summed E-state index contributed by atoms with van der Waals surface area (Å²) in [4.78, 5) is 10.6. The minimum atomic E-state index is -3.20. The molecule has 1 aliphatic carbocycles. The van der Waals surface area contributed by atoms with Crippen molar-refractivity contribution in [2.45, 2.75) is 31.6 Å². The maximum Gasteiger partial charge on any atom is 0.303 e. The van der Waals surface area contributed by atoms with Crippen molar-refractivity contribution >= 4 is 11.5 Å². The van der Waals surface area contributed by atoms with Gasteiger partial charge >= 0.3 is 5.97 Å². The van der Waals surface area contributed by atoms with E-state index >= 15 is 0 Å². The molecule has 160 valence electrons. The van der Waals surface area contributed by atoms with Crippen LogP contribution in [0.5, 0.6) is 5.75 Å². The summed E-state index contributed by atoms with van der Waals surface area (Å²) in [6.07, 6.45) is -2.03. The molecule has 0 heterocycles. The third-order valence-electron chi connectivity index (χ3n) is 4.67. The zero-order valence-electron chi connectivity index (χ0n) is 15.5. The number of hydrogen-bond donors (Lipinski definition) is 1. The number of alkyl halides is 2. The molecule has 0 radical (unpaired) electrons. The first-order valence-electron chi connectivity index (χ1n) is 8.92. The van der Waals surface area contributed by atoms with Crippen LogP contribution >= 0.6 is 0 Å². The van der Waals surface area contributed by atoms with Gasteiger partial charge in [-0.25, -0.2) is 26.3 Å². The Hall–Kier alpha value is -2.97. The van der Waals surface area contributed by atoms with Crippen LogP contribution in [-0.2, 0) is 11.2 Å². The average molecular weight is 430 g/mol. The van der Waals surface area contributed by atoms with E-state index in [0.29, 0.717) is 6.07 Å². The molecule has 0 bridgehead atoms. The Morgan fingerprint density at radius 2 is 1.67 bits per heavy atom. The summed E-state index contributed by atoms with van der Waals surface area (Å²) in [5.74, 6) is -9.27. The molecule has 1 N–H and O–H groups in total. The lowest BCUT2D eigenvalue weighted by Crippen LogP contribution is -2.12. The summed E-state index contributed by atoms with van der Waals surface area (Å²) >= 11 is 0. The van der Waals surface area contributed by atoms with Gasteiger partial charge in [0.2, 0.25) is 0 Å². The highest BCUT2D eigenvalue weighted by Gasteiger charge is 2.40. The quantitative estimate of drug-likeness (QED) is 0.589. The molecule has 2 aromatic carbocycles. The second-order valence-corrected chi connectivity index (χ2v) is 6.99. The molecule has 2 aromatic rings. The number of hydrogen-bond acceptors (Lipinski definition) is 2. The molecule has 3 rings (SSSR count). The molecule has 0 atom stereocenters. The highest BCUT2D eigenvalue weighted by Crippen LogP contribution is 2.44. The minimum Gasteiger partial charge on any atom is -0.483 e. The van der Waals surface area contributed by atoms with Gasteiger partial charge in [-0.05, 0) is 47.4 Å². The van der Waals surface area contributed by atoms with Crippen molar-refractivity contribution in [1.29, 1.82) is 0 Å². The molecule has 0 amide bonds. The molecule has 0 spiro atoms. The normalized spacial score (nSPS) is 15.5. The molecule has 30 heavy (non-hydrogen) atoms. The molecule has 0 unspecified atom stereocenters. The number of halogens is 6. The van der Waals surface area contributed by atoms with E-state index in [9.17, 15) is 31.1 Å². The first-order chi connectivity index (χ1) is 14.1. The van der Waals surface area contributed by atoms with Crippen molar-refractivity contribution in [3.63, 3.8) is 0 Å². The van der Waals surface area contributed by atoms with Crippen molar-refractivity contribution in [3.8, 4) is 5.75 Å². The van der Waals surface area contributed by atoms with Gasteiger partial charge in [0, 0.05) is 30.9 Å². The SMILES string of the molecule is O=C(O)CCc1cc(F)c(OCC2=C(c3ccc(F)cc3F)CC(F)(F)C2)c(F)c1. The molecule has 0 fully saturated rings. The zero-order valence-corrected chi connectivity index (χ0v) is 15.5. The van der Waals surface area contributed by atoms with Gasteiger partial charge in [0.05, 0.1) is 0 Å². The first kappa shape index (κ1) is 21.7. The number of carboxylic acid groups (broad SMARTS) is 1. The van der Waals surface area contributed by atoms with Crippen LogP contribution in [0.25, 0.3) is 5.57 Å². The summed E-state index contributed by atoms with van der Waals surface area (Å²) in [6.45, 7) is -0.621. The predicted molar refractivity (Wildman–Crippen MR) is 95.3 cm³/mol. The van der Waals surface area contributed by atoms with Crippen LogP contribution in [0, 0.1) is 23.3 Å². The summed E-state index contributed by atoms with van der Waals surface area (Å²) in [6, 6.07) is 4.32. The number of aryl methyl sites for hydroxylation is 1. The van der Waals surface area contributed by atoms with Crippen molar-refractivity contribution in [2.24, 2.45) is 0 Å². The number of allylic oxidation sites excluding steroid dienone is 1. The number of carboxylic acids is 1. The molecule has 1 aliphatic rings. The maximum absolute atomic E-state index is 14.2. The van der Waals surface area contributed by atoms with Crippen LogP contribution in [0.4, 0.5) is 26.3 Å². The maximum atomic E-state index is 14.2. The average Bonchev–Trinajstić information content (AvgIpc) is 2.93. The van der Waals surface area contributed by atoms with Gasteiger partial charge in [-0.15, -0.1) is 0 Å². The lowest BCUT2D eigenvalue weighted by Gasteiger charge is -2.13. The Morgan fingerprint density at radius 3 is 2.27 bits per heavy atom. The summed E-state index contributed by atoms with van der Waals surface area (Å²) in [5, 5.41) is 8.64. The molecule has 0 aliphatic heterocycles. The van der Waals surface area contributed by atoms with Crippen molar-refractivity contribution < 1.29 is 41.0 Å². The van der Waals surface area contributed by atoms with Crippen LogP contribution in [0.3, 0.4) is 0 Å². The van der Waals surface area contributed by atoms with E-state index < -0.39 is 60.4 Å². The first-order valence-corrected chi connectivity index (χ1v) is 8.92. The third-order valence-corrected chi connectivity index (χ3v) is 4.67. The zero-order chi connectivity index (χ0) is 22.1. The van der Waals surface area contributed by atoms with Crippen LogP contribution in [-0.4, -0.2) is 23.6 Å².